The van der Waals surface area contributed by atoms with Crippen LogP contribution < -0.4 is 5.32 Å². The third-order valence-corrected chi connectivity index (χ3v) is 6.81. The predicted octanol–water partition coefficient (Wildman–Crippen LogP) is 2.47. The fraction of sp³-hybridized carbons (Fsp3) is 0.350. The Kier molecular flexibility index (Phi) is 6.61. The molecule has 1 heterocycles. The number of carbonyl (C=O) groups excluding carboxylic acids is 1. The van der Waals surface area contributed by atoms with Crippen molar-refractivity contribution in [3.05, 3.63) is 59.7 Å². The van der Waals surface area contributed by atoms with Gasteiger partial charge < -0.3 is 5.32 Å². The van der Waals surface area contributed by atoms with Crippen LogP contribution in [0.4, 0.5) is 14.5 Å². The Morgan fingerprint density at radius 1 is 1.00 bits per heavy atom. The maximum atomic E-state index is 13.9. The molecule has 9 heteroatoms. The summed E-state index contributed by atoms with van der Waals surface area (Å²) in [6.07, 6.45) is 0.915. The fourth-order valence-electron chi connectivity index (χ4n) is 3.21. The predicted molar refractivity (Wildman–Crippen MR) is 106 cm³/mol. The summed E-state index contributed by atoms with van der Waals surface area (Å²) in [4.78, 5) is 13.1. The van der Waals surface area contributed by atoms with Crippen LogP contribution in [0.1, 0.15) is 12.5 Å². The molecule has 0 aromatic heterocycles. The van der Waals surface area contributed by atoms with E-state index in [-0.39, 0.29) is 38.6 Å². The molecule has 0 bridgehead atoms. The highest BCUT2D eigenvalue weighted by Crippen LogP contribution is 2.23. The molecule has 1 fully saturated rings. The minimum atomic E-state index is -4.27. The molecule has 2 aromatic carbocycles. The Morgan fingerprint density at radius 2 is 1.59 bits per heavy atom. The highest BCUT2D eigenvalue weighted by atomic mass is 32.2. The Morgan fingerprint density at radius 3 is 2.14 bits per heavy atom. The third-order valence-electron chi connectivity index (χ3n) is 4.86. The second kappa shape index (κ2) is 8.98. The lowest BCUT2D eigenvalue weighted by atomic mass is 10.1. The van der Waals surface area contributed by atoms with E-state index in [1.54, 1.807) is 4.90 Å². The molecule has 29 heavy (non-hydrogen) atoms. The van der Waals surface area contributed by atoms with E-state index in [0.717, 1.165) is 28.9 Å². The Balaban J connectivity index is 1.56. The smallest absolute Gasteiger partial charge is 0.249 e. The van der Waals surface area contributed by atoms with Gasteiger partial charge in [0.15, 0.2) is 4.90 Å². The first-order valence-electron chi connectivity index (χ1n) is 9.36. The second-order valence-electron chi connectivity index (χ2n) is 6.83. The number of hydrogen-bond acceptors (Lipinski definition) is 4. The van der Waals surface area contributed by atoms with Crippen molar-refractivity contribution >= 4 is 21.6 Å². The van der Waals surface area contributed by atoms with Crippen LogP contribution in [0.25, 0.3) is 0 Å². The topological polar surface area (TPSA) is 69.7 Å². The highest BCUT2D eigenvalue weighted by Gasteiger charge is 2.33. The lowest BCUT2D eigenvalue weighted by Crippen LogP contribution is -2.50. The van der Waals surface area contributed by atoms with Gasteiger partial charge in [-0.15, -0.1) is 0 Å². The summed E-state index contributed by atoms with van der Waals surface area (Å²) >= 11 is 0. The van der Waals surface area contributed by atoms with Crippen LogP contribution in [0.5, 0.6) is 0 Å². The molecule has 1 aliphatic heterocycles. The summed E-state index contributed by atoms with van der Waals surface area (Å²) in [5.41, 5.74) is 1.87. The molecular weight excluding hydrogens is 400 g/mol. The van der Waals surface area contributed by atoms with Gasteiger partial charge in [0.2, 0.25) is 15.9 Å². The van der Waals surface area contributed by atoms with E-state index in [4.69, 9.17) is 0 Å². The van der Waals surface area contributed by atoms with E-state index < -0.39 is 26.6 Å². The number of rotatable bonds is 6. The van der Waals surface area contributed by atoms with Crippen molar-refractivity contribution < 1.29 is 22.0 Å². The largest absolute Gasteiger partial charge is 0.325 e. The van der Waals surface area contributed by atoms with Gasteiger partial charge in [0.05, 0.1) is 6.54 Å². The summed E-state index contributed by atoms with van der Waals surface area (Å²) in [5.74, 6) is -2.42. The SMILES string of the molecule is CCc1ccc(NC(=O)CN2CCN(S(=O)(=O)c3c(F)cccc3F)CC2)cc1. The molecule has 0 unspecified atom stereocenters. The van der Waals surface area contributed by atoms with Crippen molar-refractivity contribution in [2.45, 2.75) is 18.2 Å². The fourth-order valence-corrected chi connectivity index (χ4v) is 4.74. The molecule has 1 N–H and O–H groups in total. The van der Waals surface area contributed by atoms with E-state index in [2.05, 4.69) is 5.32 Å². The summed E-state index contributed by atoms with van der Waals surface area (Å²) in [5, 5.41) is 2.81. The number of halogens is 2. The van der Waals surface area contributed by atoms with E-state index >= 15 is 0 Å². The van der Waals surface area contributed by atoms with Gasteiger partial charge in [-0.1, -0.05) is 25.1 Å². The van der Waals surface area contributed by atoms with E-state index in [0.29, 0.717) is 5.69 Å². The molecule has 156 valence electrons. The number of anilines is 1. The molecule has 1 saturated heterocycles. The zero-order chi connectivity index (χ0) is 21.0. The van der Waals surface area contributed by atoms with Crippen LogP contribution >= 0.6 is 0 Å². The number of hydrogen-bond donors (Lipinski definition) is 1. The maximum absolute atomic E-state index is 13.9. The average molecular weight is 423 g/mol. The maximum Gasteiger partial charge on any atom is 0.249 e. The monoisotopic (exact) mass is 423 g/mol. The van der Waals surface area contributed by atoms with E-state index in [1.165, 1.54) is 5.56 Å². The van der Waals surface area contributed by atoms with Gasteiger partial charge in [0.1, 0.15) is 11.6 Å². The van der Waals surface area contributed by atoms with Crippen molar-refractivity contribution in [2.75, 3.05) is 38.0 Å². The Hall–Kier alpha value is -2.36. The molecule has 3 rings (SSSR count). The van der Waals surface area contributed by atoms with Crippen LogP contribution in [0.2, 0.25) is 0 Å². The van der Waals surface area contributed by atoms with Gasteiger partial charge in [-0.3, -0.25) is 9.69 Å². The van der Waals surface area contributed by atoms with Crippen LogP contribution in [0.15, 0.2) is 47.4 Å². The van der Waals surface area contributed by atoms with Crippen LogP contribution in [-0.2, 0) is 21.2 Å². The van der Waals surface area contributed by atoms with Crippen molar-refractivity contribution in [1.29, 1.82) is 0 Å². The van der Waals surface area contributed by atoms with Crippen molar-refractivity contribution in [3.63, 3.8) is 0 Å². The summed E-state index contributed by atoms with van der Waals surface area (Å²) in [7, 11) is -4.27. The first-order valence-corrected chi connectivity index (χ1v) is 10.8. The molecule has 6 nitrogen and oxygen atoms in total. The third kappa shape index (κ3) is 4.98. The minimum Gasteiger partial charge on any atom is -0.325 e. The molecule has 0 saturated carbocycles. The van der Waals surface area contributed by atoms with Gasteiger partial charge in [0.25, 0.3) is 0 Å². The lowest BCUT2D eigenvalue weighted by molar-refractivity contribution is -0.117. The highest BCUT2D eigenvalue weighted by molar-refractivity contribution is 7.89. The van der Waals surface area contributed by atoms with Gasteiger partial charge in [-0.05, 0) is 36.2 Å². The lowest BCUT2D eigenvalue weighted by Gasteiger charge is -2.33. The number of nitrogens with one attached hydrogen (secondary N) is 1. The molecule has 0 spiro atoms. The van der Waals surface area contributed by atoms with Crippen molar-refractivity contribution in [2.24, 2.45) is 0 Å². The number of nitrogens with zero attached hydrogens (tertiary/aromatic N) is 2. The summed E-state index contributed by atoms with van der Waals surface area (Å²) in [6, 6.07) is 10.5. The quantitative estimate of drug-likeness (QED) is 0.775. The number of piperazine rings is 1. The number of amides is 1. The minimum absolute atomic E-state index is 0.0502. The molecule has 0 aliphatic carbocycles. The molecule has 0 radical (unpaired) electrons. The molecule has 1 amide bonds. The Labute approximate surface area is 169 Å². The van der Waals surface area contributed by atoms with Crippen molar-refractivity contribution in [3.8, 4) is 0 Å². The number of carbonyl (C=O) groups is 1. The van der Waals surface area contributed by atoms with E-state index in [9.17, 15) is 22.0 Å². The first kappa shape index (κ1) is 21.4. The van der Waals surface area contributed by atoms with Gasteiger partial charge in [0, 0.05) is 31.9 Å². The van der Waals surface area contributed by atoms with Gasteiger partial charge in [-0.25, -0.2) is 17.2 Å². The molecule has 2 aromatic rings. The number of sulfonamides is 1. The molecule has 0 atom stereocenters. The number of aryl methyl sites for hydroxylation is 1. The van der Waals surface area contributed by atoms with Crippen molar-refractivity contribution in [1.82, 2.24) is 9.21 Å². The van der Waals surface area contributed by atoms with Crippen LogP contribution in [-0.4, -0.2) is 56.3 Å². The standard InChI is InChI=1S/C20H23F2N3O3S/c1-2-15-6-8-16(9-7-15)23-19(26)14-24-10-12-25(13-11-24)29(27,28)20-17(21)4-3-5-18(20)22/h3-9H,2,10-14H2,1H3,(H,23,26). The normalized spacial score (nSPS) is 16.0. The first-order chi connectivity index (χ1) is 13.8. The van der Waals surface area contributed by atoms with E-state index in [1.807, 2.05) is 31.2 Å². The second-order valence-corrected chi connectivity index (χ2v) is 8.70. The molecule has 1 aliphatic rings. The molecular formula is C20H23F2N3O3S. The zero-order valence-corrected chi connectivity index (χ0v) is 16.9. The summed E-state index contributed by atoms with van der Waals surface area (Å²) in [6.45, 7) is 2.84. The number of benzene rings is 2. The van der Waals surface area contributed by atoms with Crippen LogP contribution in [0.3, 0.4) is 0 Å². The Bertz CT molecular complexity index is 953. The average Bonchev–Trinajstić information content (AvgIpc) is 2.68. The van der Waals surface area contributed by atoms with Crippen LogP contribution in [0, 0.1) is 11.6 Å². The zero-order valence-electron chi connectivity index (χ0n) is 16.1. The van der Waals surface area contributed by atoms with Gasteiger partial charge >= 0.3 is 0 Å². The summed E-state index contributed by atoms with van der Waals surface area (Å²) < 4.78 is 54.0. The van der Waals surface area contributed by atoms with Gasteiger partial charge in [-0.2, -0.15) is 4.31 Å².